The van der Waals surface area contributed by atoms with E-state index < -0.39 is 18.5 Å². The van der Waals surface area contributed by atoms with Gasteiger partial charge in [0.2, 0.25) is 5.91 Å². The quantitative estimate of drug-likeness (QED) is 0.518. The van der Waals surface area contributed by atoms with E-state index in [4.69, 9.17) is 10.2 Å². The number of carboxylic acid groups (broad SMARTS) is 1. The van der Waals surface area contributed by atoms with E-state index >= 15 is 0 Å². The molecule has 6 heteroatoms. The first-order valence-corrected chi connectivity index (χ1v) is 4.88. The van der Waals surface area contributed by atoms with E-state index in [0.29, 0.717) is 6.42 Å². The number of hydrogen-bond acceptors (Lipinski definition) is 4. The van der Waals surface area contributed by atoms with Crippen LogP contribution in [0.5, 0.6) is 0 Å². The molecular formula is C7H13NO4S. The van der Waals surface area contributed by atoms with Gasteiger partial charge in [0.1, 0.15) is 6.61 Å². The molecule has 0 heterocycles. The number of carbonyl (C=O) groups is 2. The van der Waals surface area contributed by atoms with Gasteiger partial charge in [-0.1, -0.05) is 6.92 Å². The lowest BCUT2D eigenvalue weighted by Gasteiger charge is -2.14. The van der Waals surface area contributed by atoms with E-state index in [1.54, 1.807) is 0 Å². The van der Waals surface area contributed by atoms with Crippen LogP contribution in [0.15, 0.2) is 0 Å². The highest BCUT2D eigenvalue weighted by molar-refractivity contribution is 8.00. The molecular weight excluding hydrogens is 194 g/mol. The summed E-state index contributed by atoms with van der Waals surface area (Å²) in [7, 11) is 0. The second kappa shape index (κ2) is 6.73. The number of aliphatic carboxylic acids is 1. The number of nitrogens with one attached hydrogen (secondary N) is 1. The maximum Gasteiger partial charge on any atom is 0.313 e. The molecule has 0 saturated heterocycles. The van der Waals surface area contributed by atoms with Crippen molar-refractivity contribution in [3.05, 3.63) is 0 Å². The molecule has 0 aromatic rings. The average molecular weight is 207 g/mol. The highest BCUT2D eigenvalue weighted by Crippen LogP contribution is 2.10. The Morgan fingerprint density at radius 2 is 2.15 bits per heavy atom. The summed E-state index contributed by atoms with van der Waals surface area (Å²) in [5, 5.41) is 19.0. The predicted molar refractivity (Wildman–Crippen MR) is 49.4 cm³/mol. The lowest BCUT2D eigenvalue weighted by Crippen LogP contribution is -2.34. The second-order valence-electron chi connectivity index (χ2n) is 2.33. The van der Waals surface area contributed by atoms with Crippen LogP contribution in [0, 0.1) is 0 Å². The fourth-order valence-electron chi connectivity index (χ4n) is 0.659. The molecule has 0 radical (unpaired) electrons. The summed E-state index contributed by atoms with van der Waals surface area (Å²) in [6.45, 7) is 1.27. The predicted octanol–water partition coefficient (Wildman–Crippen LogP) is -0.351. The number of amides is 1. The van der Waals surface area contributed by atoms with E-state index in [1.165, 1.54) is 0 Å². The van der Waals surface area contributed by atoms with Gasteiger partial charge in [0.25, 0.3) is 0 Å². The number of carboxylic acids is 1. The topological polar surface area (TPSA) is 86.6 Å². The number of thioether (sulfide) groups is 1. The van der Waals surface area contributed by atoms with Crippen LogP contribution < -0.4 is 5.32 Å². The van der Waals surface area contributed by atoms with Crippen LogP contribution in [0.25, 0.3) is 0 Å². The van der Waals surface area contributed by atoms with Gasteiger partial charge in [0, 0.05) is 0 Å². The van der Waals surface area contributed by atoms with Crippen molar-refractivity contribution in [1.29, 1.82) is 0 Å². The molecule has 0 aliphatic carbocycles. The second-order valence-corrected chi connectivity index (χ2v) is 3.52. The minimum absolute atomic E-state index is 0.0514. The van der Waals surface area contributed by atoms with Gasteiger partial charge < -0.3 is 15.5 Å². The van der Waals surface area contributed by atoms with Gasteiger partial charge in [-0.05, 0) is 6.42 Å². The third-order valence-corrected chi connectivity index (χ3v) is 2.51. The third kappa shape index (κ3) is 6.41. The largest absolute Gasteiger partial charge is 0.481 e. The third-order valence-electron chi connectivity index (χ3n) is 1.24. The molecule has 1 amide bonds. The van der Waals surface area contributed by atoms with Gasteiger partial charge in [-0.2, -0.15) is 0 Å². The van der Waals surface area contributed by atoms with Crippen LogP contribution in [0.3, 0.4) is 0 Å². The van der Waals surface area contributed by atoms with Crippen molar-refractivity contribution in [3.8, 4) is 0 Å². The molecule has 0 bridgehead atoms. The Balaban J connectivity index is 3.75. The Kier molecular flexibility index (Phi) is 6.34. The molecule has 0 saturated carbocycles. The number of hydrogen-bond donors (Lipinski definition) is 3. The molecule has 0 fully saturated rings. The minimum Gasteiger partial charge on any atom is -0.481 e. The van der Waals surface area contributed by atoms with E-state index in [2.05, 4.69) is 5.32 Å². The van der Waals surface area contributed by atoms with Gasteiger partial charge in [-0.25, -0.2) is 0 Å². The molecule has 1 atom stereocenters. The Labute approximate surface area is 80.5 Å². The number of aliphatic hydroxyl groups is 1. The summed E-state index contributed by atoms with van der Waals surface area (Å²) in [5.74, 6) is -1.45. The summed E-state index contributed by atoms with van der Waals surface area (Å²) >= 11 is 1.13. The summed E-state index contributed by atoms with van der Waals surface area (Å²) in [6.07, 6.45) is 0.629. The first-order chi connectivity index (χ1) is 6.10. The molecule has 76 valence electrons. The molecule has 0 rings (SSSR count). The molecule has 0 aliphatic rings. The Hall–Kier alpha value is -0.750. The summed E-state index contributed by atoms with van der Waals surface area (Å²) in [4.78, 5) is 20.9. The van der Waals surface area contributed by atoms with Crippen LogP contribution >= 0.6 is 11.8 Å². The van der Waals surface area contributed by atoms with Crippen LogP contribution in [0.2, 0.25) is 0 Å². The fraction of sp³-hybridized carbons (Fsp3) is 0.714. The van der Waals surface area contributed by atoms with Gasteiger partial charge in [-0.3, -0.25) is 9.59 Å². The molecule has 0 aromatic carbocycles. The van der Waals surface area contributed by atoms with E-state index in [1.807, 2.05) is 6.92 Å². The van der Waals surface area contributed by atoms with E-state index in [9.17, 15) is 9.59 Å². The molecule has 0 aliphatic heterocycles. The van der Waals surface area contributed by atoms with Crippen LogP contribution in [0.1, 0.15) is 13.3 Å². The number of carbonyl (C=O) groups excluding carboxylic acids is 1. The van der Waals surface area contributed by atoms with Crippen LogP contribution in [0.4, 0.5) is 0 Å². The van der Waals surface area contributed by atoms with Crippen molar-refractivity contribution in [2.24, 2.45) is 0 Å². The highest BCUT2D eigenvalue weighted by Gasteiger charge is 2.11. The van der Waals surface area contributed by atoms with Crippen molar-refractivity contribution in [3.63, 3.8) is 0 Å². The monoisotopic (exact) mass is 207 g/mol. The number of aliphatic hydroxyl groups excluding tert-OH is 1. The van der Waals surface area contributed by atoms with Crippen LogP contribution in [-0.2, 0) is 9.59 Å². The van der Waals surface area contributed by atoms with Crippen LogP contribution in [-0.4, -0.2) is 39.8 Å². The first-order valence-electron chi connectivity index (χ1n) is 3.83. The normalized spacial score (nSPS) is 12.2. The molecule has 1 unspecified atom stereocenters. The maximum atomic E-state index is 10.7. The molecule has 13 heavy (non-hydrogen) atoms. The van der Waals surface area contributed by atoms with Gasteiger partial charge in [0.15, 0.2) is 0 Å². The zero-order valence-corrected chi connectivity index (χ0v) is 8.13. The first kappa shape index (κ1) is 12.2. The Morgan fingerprint density at radius 1 is 1.54 bits per heavy atom. The Bertz CT molecular complexity index is 185. The van der Waals surface area contributed by atoms with Gasteiger partial charge in [0.05, 0.1) is 11.1 Å². The number of rotatable bonds is 6. The highest BCUT2D eigenvalue weighted by atomic mass is 32.2. The summed E-state index contributed by atoms with van der Waals surface area (Å²) in [5.41, 5.74) is 0. The van der Waals surface area contributed by atoms with E-state index in [0.717, 1.165) is 11.8 Å². The minimum atomic E-state index is -0.915. The molecule has 5 nitrogen and oxygen atoms in total. The van der Waals surface area contributed by atoms with Crippen molar-refractivity contribution in [1.82, 2.24) is 5.32 Å². The van der Waals surface area contributed by atoms with Crippen molar-refractivity contribution >= 4 is 23.6 Å². The lowest BCUT2D eigenvalue weighted by molar-refractivity contribution is -0.134. The fourth-order valence-corrected chi connectivity index (χ4v) is 1.45. The summed E-state index contributed by atoms with van der Waals surface area (Å²) < 4.78 is 0. The van der Waals surface area contributed by atoms with Crippen molar-refractivity contribution in [2.45, 2.75) is 18.7 Å². The van der Waals surface area contributed by atoms with Gasteiger partial charge >= 0.3 is 5.97 Å². The standard InChI is InChI=1S/C7H13NO4S/c1-2-6(8-5(10)3-9)13-4-7(11)12/h6,9H,2-4H2,1H3,(H,8,10)(H,11,12). The maximum absolute atomic E-state index is 10.7. The lowest BCUT2D eigenvalue weighted by atomic mass is 10.4. The Morgan fingerprint density at radius 3 is 2.54 bits per heavy atom. The zero-order valence-electron chi connectivity index (χ0n) is 7.32. The van der Waals surface area contributed by atoms with E-state index in [-0.39, 0.29) is 11.1 Å². The SMILES string of the molecule is CCC(NC(=O)CO)SCC(=O)O. The zero-order chi connectivity index (χ0) is 10.3. The summed E-state index contributed by atoms with van der Waals surface area (Å²) in [6, 6.07) is 0. The van der Waals surface area contributed by atoms with Crippen molar-refractivity contribution < 1.29 is 19.8 Å². The molecule has 0 aromatic heterocycles. The van der Waals surface area contributed by atoms with Crippen molar-refractivity contribution in [2.75, 3.05) is 12.4 Å². The molecule has 0 spiro atoms. The smallest absolute Gasteiger partial charge is 0.313 e. The molecule has 3 N–H and O–H groups in total. The van der Waals surface area contributed by atoms with Gasteiger partial charge in [-0.15, -0.1) is 11.8 Å². The average Bonchev–Trinajstić information content (AvgIpc) is 2.11.